The van der Waals surface area contributed by atoms with E-state index in [9.17, 15) is 4.79 Å². The van der Waals surface area contributed by atoms with Gasteiger partial charge in [-0.15, -0.1) is 0 Å². The van der Waals surface area contributed by atoms with Gasteiger partial charge in [-0.2, -0.15) is 0 Å². The Morgan fingerprint density at radius 1 is 1.43 bits per heavy atom. The van der Waals surface area contributed by atoms with Crippen molar-refractivity contribution in [3.63, 3.8) is 0 Å². The second-order valence-electron chi connectivity index (χ2n) is 4.75. The lowest BCUT2D eigenvalue weighted by molar-refractivity contribution is 0.173. The van der Waals surface area contributed by atoms with Gasteiger partial charge in [0.25, 0.3) is 0 Å². The van der Waals surface area contributed by atoms with Crippen molar-refractivity contribution < 1.29 is 4.79 Å². The normalized spacial score (nSPS) is 18.7. The molecule has 0 saturated carbocycles. The summed E-state index contributed by atoms with van der Waals surface area (Å²) in [6.45, 7) is 9.10. The number of likely N-dealkylation sites (tertiary alicyclic amines) is 1. The molecule has 0 aromatic rings. The molecular weight excluding hydrogens is 176 g/mol. The molecule has 1 saturated heterocycles. The molecule has 0 unspecified atom stereocenters. The van der Waals surface area contributed by atoms with Crippen LogP contribution in [0, 0.1) is 11.8 Å². The Hall–Kier alpha value is -0.730. The van der Waals surface area contributed by atoms with Crippen molar-refractivity contribution in [2.45, 2.75) is 33.6 Å². The Morgan fingerprint density at radius 2 is 2.00 bits per heavy atom. The van der Waals surface area contributed by atoms with Gasteiger partial charge in [0.1, 0.15) is 0 Å². The number of hydrogen-bond acceptors (Lipinski definition) is 1. The molecule has 1 rings (SSSR count). The van der Waals surface area contributed by atoms with Crippen molar-refractivity contribution in [3.05, 3.63) is 0 Å². The second kappa shape index (κ2) is 5.23. The molecule has 2 amide bonds. The number of urea groups is 1. The monoisotopic (exact) mass is 198 g/mol. The lowest BCUT2D eigenvalue weighted by atomic mass is 10.00. The highest BCUT2D eigenvalue weighted by molar-refractivity contribution is 5.74. The van der Waals surface area contributed by atoms with Gasteiger partial charge in [0.2, 0.25) is 0 Å². The fraction of sp³-hybridized carbons (Fsp3) is 0.909. The lowest BCUT2D eigenvalue weighted by Crippen LogP contribution is -2.45. The van der Waals surface area contributed by atoms with E-state index in [-0.39, 0.29) is 6.03 Å². The smallest absolute Gasteiger partial charge is 0.317 e. The zero-order valence-corrected chi connectivity index (χ0v) is 9.55. The topological polar surface area (TPSA) is 32.3 Å². The van der Waals surface area contributed by atoms with Crippen LogP contribution in [-0.4, -0.2) is 30.6 Å². The molecule has 0 atom stereocenters. The third-order valence-corrected chi connectivity index (χ3v) is 2.73. The van der Waals surface area contributed by atoms with Crippen LogP contribution in [0.5, 0.6) is 0 Å². The van der Waals surface area contributed by atoms with E-state index in [1.807, 2.05) is 4.90 Å². The lowest BCUT2D eigenvalue weighted by Gasteiger charge is -2.30. The summed E-state index contributed by atoms with van der Waals surface area (Å²) in [6.07, 6.45) is 2.30. The van der Waals surface area contributed by atoms with Crippen LogP contribution in [0.4, 0.5) is 4.79 Å². The zero-order valence-electron chi connectivity index (χ0n) is 9.55. The zero-order chi connectivity index (χ0) is 10.6. The van der Waals surface area contributed by atoms with Gasteiger partial charge < -0.3 is 10.2 Å². The molecule has 1 heterocycles. The minimum atomic E-state index is 0.116. The average molecular weight is 198 g/mol. The van der Waals surface area contributed by atoms with E-state index >= 15 is 0 Å². The molecule has 82 valence electrons. The van der Waals surface area contributed by atoms with E-state index in [2.05, 4.69) is 26.1 Å². The van der Waals surface area contributed by atoms with Crippen LogP contribution in [-0.2, 0) is 0 Å². The average Bonchev–Trinajstić information content (AvgIpc) is 2.15. The van der Waals surface area contributed by atoms with Crippen molar-refractivity contribution in [2.24, 2.45) is 11.8 Å². The van der Waals surface area contributed by atoms with Gasteiger partial charge in [-0.25, -0.2) is 4.79 Å². The number of amides is 2. The van der Waals surface area contributed by atoms with Crippen molar-refractivity contribution in [1.82, 2.24) is 10.2 Å². The standard InChI is InChI=1S/C11H22N2O/c1-9(2)8-12-11(14)13-6-4-10(3)5-7-13/h9-10H,4-8H2,1-3H3,(H,12,14). The summed E-state index contributed by atoms with van der Waals surface area (Å²) in [7, 11) is 0. The maximum Gasteiger partial charge on any atom is 0.317 e. The highest BCUT2D eigenvalue weighted by atomic mass is 16.2. The number of rotatable bonds is 2. The minimum Gasteiger partial charge on any atom is -0.338 e. The molecular formula is C11H22N2O. The number of piperidine rings is 1. The molecule has 1 N–H and O–H groups in total. The molecule has 1 aliphatic rings. The van der Waals surface area contributed by atoms with Crippen LogP contribution >= 0.6 is 0 Å². The highest BCUT2D eigenvalue weighted by Gasteiger charge is 2.19. The van der Waals surface area contributed by atoms with Crippen molar-refractivity contribution in [3.8, 4) is 0 Å². The first-order valence-electron chi connectivity index (χ1n) is 5.62. The number of nitrogens with one attached hydrogen (secondary N) is 1. The SMILES string of the molecule is CC(C)CNC(=O)N1CCC(C)CC1. The fourth-order valence-electron chi connectivity index (χ4n) is 1.61. The largest absolute Gasteiger partial charge is 0.338 e. The molecule has 14 heavy (non-hydrogen) atoms. The van der Waals surface area contributed by atoms with E-state index in [4.69, 9.17) is 0 Å². The van der Waals surface area contributed by atoms with Crippen molar-refractivity contribution >= 4 is 6.03 Å². The molecule has 0 bridgehead atoms. The molecule has 3 heteroatoms. The van der Waals surface area contributed by atoms with Gasteiger partial charge in [0.15, 0.2) is 0 Å². The fourth-order valence-corrected chi connectivity index (χ4v) is 1.61. The molecule has 3 nitrogen and oxygen atoms in total. The summed E-state index contributed by atoms with van der Waals surface area (Å²) in [5.74, 6) is 1.31. The van der Waals surface area contributed by atoms with E-state index in [0.29, 0.717) is 5.92 Å². The summed E-state index contributed by atoms with van der Waals surface area (Å²) < 4.78 is 0. The van der Waals surface area contributed by atoms with Crippen LogP contribution in [0.3, 0.4) is 0 Å². The first-order chi connectivity index (χ1) is 6.59. The Balaban J connectivity index is 2.24. The predicted octanol–water partition coefficient (Wildman–Crippen LogP) is 2.08. The van der Waals surface area contributed by atoms with Gasteiger partial charge in [0, 0.05) is 19.6 Å². The van der Waals surface area contributed by atoms with Gasteiger partial charge >= 0.3 is 6.03 Å². The number of carbonyl (C=O) groups excluding carboxylic acids is 1. The minimum absolute atomic E-state index is 0.116. The third-order valence-electron chi connectivity index (χ3n) is 2.73. The van der Waals surface area contributed by atoms with E-state index in [1.165, 1.54) is 0 Å². The van der Waals surface area contributed by atoms with Crippen LogP contribution in [0.15, 0.2) is 0 Å². The molecule has 1 fully saturated rings. The number of nitrogens with zero attached hydrogens (tertiary/aromatic N) is 1. The first-order valence-corrected chi connectivity index (χ1v) is 5.62. The Bertz CT molecular complexity index is 184. The summed E-state index contributed by atoms with van der Waals surface area (Å²) >= 11 is 0. The summed E-state index contributed by atoms with van der Waals surface area (Å²) in [5, 5.41) is 2.95. The first kappa shape index (κ1) is 11.3. The van der Waals surface area contributed by atoms with E-state index in [1.54, 1.807) is 0 Å². The molecule has 1 aliphatic heterocycles. The molecule has 0 aromatic carbocycles. The summed E-state index contributed by atoms with van der Waals surface area (Å²) in [6, 6.07) is 0.116. The van der Waals surface area contributed by atoms with Crippen LogP contribution in [0.1, 0.15) is 33.6 Å². The van der Waals surface area contributed by atoms with Crippen molar-refractivity contribution in [2.75, 3.05) is 19.6 Å². The number of carbonyl (C=O) groups is 1. The van der Waals surface area contributed by atoms with Crippen LogP contribution in [0.25, 0.3) is 0 Å². The van der Waals surface area contributed by atoms with Gasteiger partial charge in [-0.3, -0.25) is 0 Å². The van der Waals surface area contributed by atoms with Crippen LogP contribution < -0.4 is 5.32 Å². The Labute approximate surface area is 86.9 Å². The third kappa shape index (κ3) is 3.56. The van der Waals surface area contributed by atoms with Crippen LogP contribution in [0.2, 0.25) is 0 Å². The molecule has 0 radical (unpaired) electrons. The maximum atomic E-state index is 11.6. The molecule has 0 aromatic heterocycles. The van der Waals surface area contributed by atoms with Crippen molar-refractivity contribution in [1.29, 1.82) is 0 Å². The Morgan fingerprint density at radius 3 is 2.50 bits per heavy atom. The molecule has 0 aliphatic carbocycles. The quantitative estimate of drug-likeness (QED) is 0.724. The highest BCUT2D eigenvalue weighted by Crippen LogP contribution is 2.15. The van der Waals surface area contributed by atoms with Gasteiger partial charge in [0.05, 0.1) is 0 Å². The van der Waals surface area contributed by atoms with E-state index in [0.717, 1.165) is 38.4 Å². The molecule has 0 spiro atoms. The maximum absolute atomic E-state index is 11.6. The Kier molecular flexibility index (Phi) is 4.23. The number of hydrogen-bond donors (Lipinski definition) is 1. The summed E-state index contributed by atoms with van der Waals surface area (Å²) in [5.41, 5.74) is 0. The summed E-state index contributed by atoms with van der Waals surface area (Å²) in [4.78, 5) is 13.6. The van der Waals surface area contributed by atoms with Gasteiger partial charge in [-0.05, 0) is 24.7 Å². The van der Waals surface area contributed by atoms with Gasteiger partial charge in [-0.1, -0.05) is 20.8 Å². The van der Waals surface area contributed by atoms with E-state index < -0.39 is 0 Å². The second-order valence-corrected chi connectivity index (χ2v) is 4.75. The predicted molar refractivity (Wildman–Crippen MR) is 58.2 cm³/mol.